The summed E-state index contributed by atoms with van der Waals surface area (Å²) in [6, 6.07) is 18.2. The predicted octanol–water partition coefficient (Wildman–Crippen LogP) is 4.60. The minimum atomic E-state index is -0.106. The van der Waals surface area contributed by atoms with Crippen LogP contribution in [0.2, 0.25) is 0 Å². The normalized spacial score (nSPS) is 12.4. The average molecular weight is 343 g/mol. The molecule has 2 aromatic heterocycles. The van der Waals surface area contributed by atoms with Gasteiger partial charge in [-0.25, -0.2) is 4.98 Å². The van der Waals surface area contributed by atoms with Crippen molar-refractivity contribution >= 4 is 22.3 Å². The number of nitrogens with one attached hydrogen (secondary N) is 1. The maximum absolute atomic E-state index is 12.9. The summed E-state index contributed by atoms with van der Waals surface area (Å²) in [5.41, 5.74) is 4.38. The van der Waals surface area contributed by atoms with Crippen molar-refractivity contribution in [1.82, 2.24) is 14.7 Å². The Morgan fingerprint density at radius 3 is 2.69 bits per heavy atom. The number of hydrogen-bond donors (Lipinski definition) is 1. The number of rotatable bonds is 3. The average Bonchev–Trinajstić information content (AvgIpc) is 3.05. The number of carbonyl (C=O) groups is 1. The standard InChI is InChI=1S/C22H21N3O/c1-14-13-15(2)25-12-11-20(21(25)23-14)22(26)24-16(3)18-10-6-8-17-7-4-5-9-19(17)18/h4-13,16H,1-3H3,(H,24,26)/t16-/m1/s1. The highest BCUT2D eigenvalue weighted by atomic mass is 16.1. The van der Waals surface area contributed by atoms with Crippen LogP contribution in [-0.2, 0) is 0 Å². The van der Waals surface area contributed by atoms with E-state index in [1.54, 1.807) is 0 Å². The summed E-state index contributed by atoms with van der Waals surface area (Å²) in [7, 11) is 0. The molecule has 0 radical (unpaired) electrons. The van der Waals surface area contributed by atoms with E-state index < -0.39 is 0 Å². The lowest BCUT2D eigenvalue weighted by atomic mass is 9.99. The van der Waals surface area contributed by atoms with Crippen LogP contribution in [-0.4, -0.2) is 15.3 Å². The third-order valence-electron chi connectivity index (χ3n) is 4.82. The van der Waals surface area contributed by atoms with Crippen molar-refractivity contribution < 1.29 is 4.79 Å². The molecule has 0 aliphatic heterocycles. The van der Waals surface area contributed by atoms with Crippen LogP contribution in [0.25, 0.3) is 16.4 Å². The Balaban J connectivity index is 1.68. The number of aromatic nitrogens is 2. The van der Waals surface area contributed by atoms with Crippen LogP contribution < -0.4 is 5.32 Å². The molecular weight excluding hydrogens is 322 g/mol. The van der Waals surface area contributed by atoms with E-state index in [1.807, 2.05) is 61.7 Å². The topological polar surface area (TPSA) is 46.4 Å². The SMILES string of the molecule is Cc1cc(C)n2ccc(C(=O)N[C@H](C)c3cccc4ccccc34)c2n1. The monoisotopic (exact) mass is 343 g/mol. The molecule has 4 rings (SSSR count). The zero-order valence-electron chi connectivity index (χ0n) is 15.2. The fourth-order valence-corrected chi connectivity index (χ4v) is 3.55. The van der Waals surface area contributed by atoms with Gasteiger partial charge in [0.05, 0.1) is 11.6 Å². The second-order valence-electron chi connectivity index (χ2n) is 6.73. The van der Waals surface area contributed by atoms with E-state index in [1.165, 1.54) is 5.39 Å². The Morgan fingerprint density at radius 1 is 1.08 bits per heavy atom. The molecule has 4 nitrogen and oxygen atoms in total. The first-order chi connectivity index (χ1) is 12.5. The fraction of sp³-hybridized carbons (Fsp3) is 0.182. The van der Waals surface area contributed by atoms with Crippen LogP contribution in [0.15, 0.2) is 60.8 Å². The van der Waals surface area contributed by atoms with Crippen molar-refractivity contribution in [2.75, 3.05) is 0 Å². The van der Waals surface area contributed by atoms with Crippen LogP contribution in [0.5, 0.6) is 0 Å². The smallest absolute Gasteiger partial charge is 0.255 e. The van der Waals surface area contributed by atoms with E-state index in [4.69, 9.17) is 0 Å². The maximum Gasteiger partial charge on any atom is 0.255 e. The van der Waals surface area contributed by atoms with Gasteiger partial charge in [-0.1, -0.05) is 42.5 Å². The van der Waals surface area contributed by atoms with Crippen LogP contribution in [0.4, 0.5) is 0 Å². The van der Waals surface area contributed by atoms with Gasteiger partial charge in [0, 0.05) is 17.6 Å². The van der Waals surface area contributed by atoms with Crippen molar-refractivity contribution in [3.63, 3.8) is 0 Å². The van der Waals surface area contributed by atoms with Crippen LogP contribution in [0.1, 0.15) is 40.3 Å². The molecule has 0 unspecified atom stereocenters. The van der Waals surface area contributed by atoms with E-state index in [0.29, 0.717) is 11.2 Å². The summed E-state index contributed by atoms with van der Waals surface area (Å²) >= 11 is 0. The van der Waals surface area contributed by atoms with Gasteiger partial charge in [0.25, 0.3) is 5.91 Å². The summed E-state index contributed by atoms with van der Waals surface area (Å²) in [6.07, 6.45) is 1.90. The molecule has 0 aliphatic carbocycles. The van der Waals surface area contributed by atoms with Gasteiger partial charge in [-0.05, 0) is 49.2 Å². The van der Waals surface area contributed by atoms with Gasteiger partial charge < -0.3 is 9.72 Å². The van der Waals surface area contributed by atoms with E-state index >= 15 is 0 Å². The molecule has 130 valence electrons. The van der Waals surface area contributed by atoms with Crippen molar-refractivity contribution in [3.8, 4) is 0 Å². The summed E-state index contributed by atoms with van der Waals surface area (Å²) in [4.78, 5) is 17.4. The lowest BCUT2D eigenvalue weighted by Crippen LogP contribution is -2.26. The minimum Gasteiger partial charge on any atom is -0.345 e. The van der Waals surface area contributed by atoms with Crippen molar-refractivity contribution in [3.05, 3.63) is 83.3 Å². The van der Waals surface area contributed by atoms with Crippen LogP contribution in [0, 0.1) is 13.8 Å². The molecule has 1 N–H and O–H groups in total. The Kier molecular flexibility index (Phi) is 3.96. The van der Waals surface area contributed by atoms with Crippen LogP contribution in [0.3, 0.4) is 0 Å². The number of fused-ring (bicyclic) bond motifs is 2. The summed E-state index contributed by atoms with van der Waals surface area (Å²) < 4.78 is 1.95. The largest absolute Gasteiger partial charge is 0.345 e. The van der Waals surface area contributed by atoms with Gasteiger partial charge in [-0.3, -0.25) is 4.79 Å². The summed E-state index contributed by atoms with van der Waals surface area (Å²) in [6.45, 7) is 5.98. The number of hydrogen-bond acceptors (Lipinski definition) is 2. The number of benzene rings is 2. The zero-order valence-corrected chi connectivity index (χ0v) is 15.2. The second-order valence-corrected chi connectivity index (χ2v) is 6.73. The quantitative estimate of drug-likeness (QED) is 0.591. The Morgan fingerprint density at radius 2 is 1.85 bits per heavy atom. The minimum absolute atomic E-state index is 0.102. The van der Waals surface area contributed by atoms with Gasteiger partial charge in [-0.2, -0.15) is 0 Å². The first kappa shape index (κ1) is 16.3. The highest BCUT2D eigenvalue weighted by Crippen LogP contribution is 2.24. The first-order valence-corrected chi connectivity index (χ1v) is 8.78. The van der Waals surface area contributed by atoms with Crippen molar-refractivity contribution in [2.24, 2.45) is 0 Å². The third-order valence-corrected chi connectivity index (χ3v) is 4.82. The van der Waals surface area contributed by atoms with E-state index in [9.17, 15) is 4.79 Å². The lowest BCUT2D eigenvalue weighted by molar-refractivity contribution is 0.0941. The number of amides is 1. The Labute approximate surface area is 152 Å². The van der Waals surface area contributed by atoms with E-state index in [0.717, 1.165) is 22.3 Å². The molecule has 26 heavy (non-hydrogen) atoms. The van der Waals surface area contributed by atoms with Gasteiger partial charge in [0.1, 0.15) is 5.65 Å². The molecule has 2 aromatic carbocycles. The summed E-state index contributed by atoms with van der Waals surface area (Å²) in [5, 5.41) is 5.47. The van der Waals surface area contributed by atoms with Gasteiger partial charge in [-0.15, -0.1) is 0 Å². The summed E-state index contributed by atoms with van der Waals surface area (Å²) in [5.74, 6) is -0.106. The number of aryl methyl sites for hydroxylation is 2. The van der Waals surface area contributed by atoms with Gasteiger partial charge >= 0.3 is 0 Å². The number of carbonyl (C=O) groups excluding carboxylic acids is 1. The van der Waals surface area contributed by atoms with E-state index in [-0.39, 0.29) is 11.9 Å². The van der Waals surface area contributed by atoms with Gasteiger partial charge in [0.2, 0.25) is 0 Å². The molecule has 1 atom stereocenters. The first-order valence-electron chi connectivity index (χ1n) is 8.78. The van der Waals surface area contributed by atoms with Crippen molar-refractivity contribution in [2.45, 2.75) is 26.8 Å². The molecule has 0 fully saturated rings. The second kappa shape index (κ2) is 6.30. The van der Waals surface area contributed by atoms with E-state index in [2.05, 4.69) is 34.6 Å². The Bertz CT molecular complexity index is 1120. The third kappa shape index (κ3) is 2.73. The molecule has 0 bridgehead atoms. The van der Waals surface area contributed by atoms with Crippen LogP contribution >= 0.6 is 0 Å². The molecule has 4 aromatic rings. The molecule has 0 saturated heterocycles. The molecule has 0 spiro atoms. The highest BCUT2D eigenvalue weighted by molar-refractivity contribution is 6.00. The molecule has 4 heteroatoms. The fourth-order valence-electron chi connectivity index (χ4n) is 3.55. The zero-order chi connectivity index (χ0) is 18.3. The van der Waals surface area contributed by atoms with Crippen molar-refractivity contribution in [1.29, 1.82) is 0 Å². The molecule has 0 aliphatic rings. The number of nitrogens with zero attached hydrogens (tertiary/aromatic N) is 2. The predicted molar refractivity (Wildman–Crippen MR) is 104 cm³/mol. The highest BCUT2D eigenvalue weighted by Gasteiger charge is 2.17. The molecule has 1 amide bonds. The molecular formula is C22H21N3O. The Hall–Kier alpha value is -3.14. The maximum atomic E-state index is 12.9. The lowest BCUT2D eigenvalue weighted by Gasteiger charge is -2.16. The molecule has 0 saturated carbocycles. The molecule has 2 heterocycles. The van der Waals surface area contributed by atoms with Gasteiger partial charge in [0.15, 0.2) is 0 Å².